The van der Waals surface area contributed by atoms with Gasteiger partial charge in [-0.2, -0.15) is 0 Å². The van der Waals surface area contributed by atoms with E-state index in [-0.39, 0.29) is 23.8 Å². The standard InChI is InChI=1S/C14H17NO3/c1-14(2,3)15-13(17)10-8-18-11-7-5-4-6-9(11)12(10)16/h4-7,10H,8H2,1-3H3,(H,15,17). The SMILES string of the molecule is CC(C)(C)NC(=O)C1COc2ccccc2C1=O. The number of amides is 1. The number of rotatable bonds is 1. The van der Waals surface area contributed by atoms with Crippen LogP contribution >= 0.6 is 0 Å². The monoisotopic (exact) mass is 247 g/mol. The highest BCUT2D eigenvalue weighted by atomic mass is 16.5. The van der Waals surface area contributed by atoms with Crippen molar-refractivity contribution < 1.29 is 14.3 Å². The molecule has 1 aliphatic rings. The molecule has 1 N–H and O–H groups in total. The van der Waals surface area contributed by atoms with Gasteiger partial charge in [-0.05, 0) is 32.9 Å². The predicted molar refractivity (Wildman–Crippen MR) is 67.7 cm³/mol. The maximum absolute atomic E-state index is 12.2. The van der Waals surface area contributed by atoms with Gasteiger partial charge in [0.25, 0.3) is 0 Å². The average molecular weight is 247 g/mol. The number of carbonyl (C=O) groups excluding carboxylic acids is 2. The Labute approximate surface area is 106 Å². The van der Waals surface area contributed by atoms with E-state index in [1.54, 1.807) is 18.2 Å². The second-order valence-electron chi connectivity index (χ2n) is 5.46. The van der Waals surface area contributed by atoms with Crippen molar-refractivity contribution in [1.29, 1.82) is 0 Å². The van der Waals surface area contributed by atoms with Crippen molar-refractivity contribution in [3.05, 3.63) is 29.8 Å². The van der Waals surface area contributed by atoms with Gasteiger partial charge >= 0.3 is 0 Å². The first kappa shape index (κ1) is 12.6. The molecule has 4 heteroatoms. The normalized spacial score (nSPS) is 18.8. The van der Waals surface area contributed by atoms with Crippen molar-refractivity contribution >= 4 is 11.7 Å². The highest BCUT2D eigenvalue weighted by Gasteiger charge is 2.35. The molecule has 0 bridgehead atoms. The van der Waals surface area contributed by atoms with E-state index >= 15 is 0 Å². The smallest absolute Gasteiger partial charge is 0.234 e. The molecule has 96 valence electrons. The molecule has 4 nitrogen and oxygen atoms in total. The summed E-state index contributed by atoms with van der Waals surface area (Å²) in [5.41, 5.74) is 0.131. The van der Waals surface area contributed by atoms with Crippen molar-refractivity contribution in [2.75, 3.05) is 6.61 Å². The second kappa shape index (κ2) is 4.44. The van der Waals surface area contributed by atoms with Crippen LogP contribution in [0.4, 0.5) is 0 Å². The zero-order valence-corrected chi connectivity index (χ0v) is 10.8. The van der Waals surface area contributed by atoms with E-state index in [4.69, 9.17) is 4.74 Å². The first-order valence-corrected chi connectivity index (χ1v) is 5.96. The summed E-state index contributed by atoms with van der Waals surface area (Å²) in [4.78, 5) is 24.2. The van der Waals surface area contributed by atoms with Crippen LogP contribution in [0.3, 0.4) is 0 Å². The van der Waals surface area contributed by atoms with Crippen LogP contribution in [0, 0.1) is 5.92 Å². The molecule has 0 spiro atoms. The molecule has 1 unspecified atom stereocenters. The highest BCUT2D eigenvalue weighted by molar-refractivity contribution is 6.12. The van der Waals surface area contributed by atoms with Crippen molar-refractivity contribution in [2.45, 2.75) is 26.3 Å². The van der Waals surface area contributed by atoms with Gasteiger partial charge in [-0.25, -0.2) is 0 Å². The van der Waals surface area contributed by atoms with Crippen LogP contribution in [0.1, 0.15) is 31.1 Å². The van der Waals surface area contributed by atoms with Crippen LogP contribution < -0.4 is 10.1 Å². The zero-order valence-electron chi connectivity index (χ0n) is 10.8. The third kappa shape index (κ3) is 2.53. The second-order valence-corrected chi connectivity index (χ2v) is 5.46. The summed E-state index contributed by atoms with van der Waals surface area (Å²) >= 11 is 0. The number of benzene rings is 1. The van der Waals surface area contributed by atoms with Gasteiger partial charge in [0.2, 0.25) is 5.91 Å². The van der Waals surface area contributed by atoms with Crippen molar-refractivity contribution in [1.82, 2.24) is 5.32 Å². The number of fused-ring (bicyclic) bond motifs is 1. The van der Waals surface area contributed by atoms with Gasteiger partial charge in [-0.3, -0.25) is 9.59 Å². The average Bonchev–Trinajstić information content (AvgIpc) is 2.27. The van der Waals surface area contributed by atoms with E-state index in [1.807, 2.05) is 26.8 Å². The van der Waals surface area contributed by atoms with Crippen molar-refractivity contribution in [2.24, 2.45) is 5.92 Å². The van der Waals surface area contributed by atoms with Crippen LogP contribution in [-0.2, 0) is 4.79 Å². The van der Waals surface area contributed by atoms with E-state index < -0.39 is 5.92 Å². The number of hydrogen-bond donors (Lipinski definition) is 1. The Kier molecular flexibility index (Phi) is 3.11. The van der Waals surface area contributed by atoms with Crippen LogP contribution in [-0.4, -0.2) is 23.8 Å². The van der Waals surface area contributed by atoms with Gasteiger partial charge in [0, 0.05) is 5.54 Å². The summed E-state index contributed by atoms with van der Waals surface area (Å²) in [6.45, 7) is 5.75. The number of Topliss-reactive ketones (excluding diaryl/α,β-unsaturated/α-hetero) is 1. The lowest BCUT2D eigenvalue weighted by Gasteiger charge is -2.27. The Morgan fingerprint density at radius 1 is 1.33 bits per heavy atom. The van der Waals surface area contributed by atoms with Gasteiger partial charge in [0.15, 0.2) is 5.78 Å². The minimum atomic E-state index is -0.751. The van der Waals surface area contributed by atoms with Gasteiger partial charge in [-0.15, -0.1) is 0 Å². The summed E-state index contributed by atoms with van der Waals surface area (Å²) in [6, 6.07) is 7.01. The summed E-state index contributed by atoms with van der Waals surface area (Å²) in [5, 5.41) is 2.81. The van der Waals surface area contributed by atoms with Crippen LogP contribution in [0.5, 0.6) is 5.75 Å². The molecule has 0 saturated heterocycles. The third-order valence-corrected chi connectivity index (χ3v) is 2.69. The Bertz CT molecular complexity index is 488. The number of hydrogen-bond acceptors (Lipinski definition) is 3. The first-order chi connectivity index (χ1) is 8.38. The topological polar surface area (TPSA) is 55.4 Å². The van der Waals surface area contributed by atoms with Crippen LogP contribution in [0.2, 0.25) is 0 Å². The summed E-state index contributed by atoms with van der Waals surface area (Å²) in [7, 11) is 0. The minimum absolute atomic E-state index is 0.109. The molecule has 1 aliphatic heterocycles. The summed E-state index contributed by atoms with van der Waals surface area (Å²) < 4.78 is 5.46. The zero-order chi connectivity index (χ0) is 13.3. The Morgan fingerprint density at radius 3 is 2.67 bits per heavy atom. The van der Waals surface area contributed by atoms with E-state index in [0.29, 0.717) is 11.3 Å². The fraction of sp³-hybridized carbons (Fsp3) is 0.429. The minimum Gasteiger partial charge on any atom is -0.492 e. The number of para-hydroxylation sites is 1. The third-order valence-electron chi connectivity index (χ3n) is 2.69. The maximum atomic E-state index is 12.2. The Morgan fingerprint density at radius 2 is 2.00 bits per heavy atom. The van der Waals surface area contributed by atoms with E-state index in [2.05, 4.69) is 5.32 Å². The number of carbonyl (C=O) groups is 2. The molecule has 0 aliphatic carbocycles. The molecule has 1 aromatic carbocycles. The Hall–Kier alpha value is -1.84. The Balaban J connectivity index is 2.19. The lowest BCUT2D eigenvalue weighted by Crippen LogP contribution is -2.48. The van der Waals surface area contributed by atoms with Gasteiger partial charge in [-0.1, -0.05) is 12.1 Å². The number of ketones is 1. The van der Waals surface area contributed by atoms with Gasteiger partial charge < -0.3 is 10.1 Å². The fourth-order valence-electron chi connectivity index (χ4n) is 1.88. The highest BCUT2D eigenvalue weighted by Crippen LogP contribution is 2.27. The number of ether oxygens (including phenoxy) is 1. The quantitative estimate of drug-likeness (QED) is 0.770. The number of nitrogens with one attached hydrogen (secondary N) is 1. The predicted octanol–water partition coefficient (Wildman–Crippen LogP) is 1.79. The van der Waals surface area contributed by atoms with Crippen LogP contribution in [0.15, 0.2) is 24.3 Å². The molecule has 18 heavy (non-hydrogen) atoms. The molecule has 0 fully saturated rings. The van der Waals surface area contributed by atoms with Gasteiger partial charge in [0.1, 0.15) is 18.3 Å². The van der Waals surface area contributed by atoms with E-state index in [9.17, 15) is 9.59 Å². The largest absolute Gasteiger partial charge is 0.492 e. The van der Waals surface area contributed by atoms with Crippen molar-refractivity contribution in [3.8, 4) is 5.75 Å². The lowest BCUT2D eigenvalue weighted by molar-refractivity contribution is -0.125. The van der Waals surface area contributed by atoms with E-state index in [1.165, 1.54) is 0 Å². The molecule has 2 rings (SSSR count). The van der Waals surface area contributed by atoms with Crippen LogP contribution in [0.25, 0.3) is 0 Å². The molecule has 0 saturated carbocycles. The molecule has 0 aromatic heterocycles. The molecule has 1 aromatic rings. The van der Waals surface area contributed by atoms with E-state index in [0.717, 1.165) is 0 Å². The molecule has 1 amide bonds. The first-order valence-electron chi connectivity index (χ1n) is 5.96. The molecular formula is C14H17NO3. The van der Waals surface area contributed by atoms with Crippen molar-refractivity contribution in [3.63, 3.8) is 0 Å². The lowest BCUT2D eigenvalue weighted by atomic mass is 9.93. The summed E-state index contributed by atoms with van der Waals surface area (Å²) in [5.74, 6) is -0.637. The fourth-order valence-corrected chi connectivity index (χ4v) is 1.88. The molecular weight excluding hydrogens is 230 g/mol. The maximum Gasteiger partial charge on any atom is 0.234 e. The molecule has 1 heterocycles. The molecule has 1 atom stereocenters. The van der Waals surface area contributed by atoms with Gasteiger partial charge in [0.05, 0.1) is 5.56 Å². The molecule has 0 radical (unpaired) electrons. The summed E-state index contributed by atoms with van der Waals surface area (Å²) in [6.07, 6.45) is 0.